The van der Waals surface area contributed by atoms with E-state index in [2.05, 4.69) is 15.7 Å². The van der Waals surface area contributed by atoms with Crippen molar-refractivity contribution in [2.75, 3.05) is 11.9 Å². The van der Waals surface area contributed by atoms with Crippen molar-refractivity contribution < 1.29 is 14.0 Å². The van der Waals surface area contributed by atoms with Gasteiger partial charge in [0, 0.05) is 25.6 Å². The van der Waals surface area contributed by atoms with Crippen molar-refractivity contribution in [2.45, 2.75) is 26.7 Å². The van der Waals surface area contributed by atoms with Gasteiger partial charge in [-0.15, -0.1) is 0 Å². The van der Waals surface area contributed by atoms with Crippen LogP contribution in [-0.2, 0) is 18.3 Å². The van der Waals surface area contributed by atoms with E-state index in [1.165, 1.54) is 18.2 Å². The van der Waals surface area contributed by atoms with E-state index in [1.54, 1.807) is 17.8 Å². The molecule has 24 heavy (non-hydrogen) atoms. The Bertz CT molecular complexity index is 755. The fraction of sp³-hybridized carbons (Fsp3) is 0.353. The van der Waals surface area contributed by atoms with E-state index in [1.807, 2.05) is 13.8 Å². The van der Waals surface area contributed by atoms with Crippen LogP contribution in [0.1, 0.15) is 35.0 Å². The third-order valence-corrected chi connectivity index (χ3v) is 3.71. The van der Waals surface area contributed by atoms with E-state index in [9.17, 15) is 14.0 Å². The molecule has 0 spiro atoms. The van der Waals surface area contributed by atoms with E-state index in [4.69, 9.17) is 0 Å². The van der Waals surface area contributed by atoms with Crippen molar-refractivity contribution in [1.82, 2.24) is 15.1 Å². The molecule has 1 aromatic heterocycles. The van der Waals surface area contributed by atoms with Gasteiger partial charge in [0.25, 0.3) is 5.91 Å². The second-order valence-electron chi connectivity index (χ2n) is 5.42. The lowest BCUT2D eigenvalue weighted by atomic mass is 10.2. The molecule has 0 unspecified atom stereocenters. The predicted molar refractivity (Wildman–Crippen MR) is 89.3 cm³/mol. The van der Waals surface area contributed by atoms with Gasteiger partial charge >= 0.3 is 0 Å². The first-order valence-corrected chi connectivity index (χ1v) is 7.79. The average molecular weight is 332 g/mol. The van der Waals surface area contributed by atoms with Gasteiger partial charge in [-0.2, -0.15) is 5.10 Å². The van der Waals surface area contributed by atoms with Gasteiger partial charge < -0.3 is 10.6 Å². The lowest BCUT2D eigenvalue weighted by Crippen LogP contribution is -2.28. The summed E-state index contributed by atoms with van der Waals surface area (Å²) < 4.78 is 15.1. The quantitative estimate of drug-likeness (QED) is 0.851. The maximum atomic E-state index is 13.5. The molecule has 0 saturated heterocycles. The molecule has 0 radical (unpaired) electrons. The van der Waals surface area contributed by atoms with Gasteiger partial charge in [-0.25, -0.2) is 4.39 Å². The summed E-state index contributed by atoms with van der Waals surface area (Å²) in [7, 11) is 1.77. The Hall–Kier alpha value is -2.70. The summed E-state index contributed by atoms with van der Waals surface area (Å²) in [5.41, 5.74) is 1.83. The Morgan fingerprint density at radius 3 is 2.67 bits per heavy atom. The molecule has 0 aliphatic carbocycles. The average Bonchev–Trinajstić information content (AvgIpc) is 2.80. The molecule has 0 aliphatic heterocycles. The minimum atomic E-state index is -0.586. The molecular formula is C17H21FN4O2. The van der Waals surface area contributed by atoms with Crippen LogP contribution in [0.25, 0.3) is 0 Å². The molecule has 1 heterocycles. The van der Waals surface area contributed by atoms with E-state index in [-0.39, 0.29) is 24.4 Å². The van der Waals surface area contributed by atoms with Gasteiger partial charge in [-0.05, 0) is 25.5 Å². The number of anilines is 1. The molecule has 2 amide bonds. The fourth-order valence-corrected chi connectivity index (χ4v) is 2.51. The van der Waals surface area contributed by atoms with Gasteiger partial charge in [0.1, 0.15) is 11.6 Å². The van der Waals surface area contributed by atoms with Crippen LogP contribution in [0.2, 0.25) is 0 Å². The van der Waals surface area contributed by atoms with Crippen LogP contribution in [-0.4, -0.2) is 28.1 Å². The minimum absolute atomic E-state index is 0.0339. The van der Waals surface area contributed by atoms with Crippen LogP contribution in [0.15, 0.2) is 24.3 Å². The van der Waals surface area contributed by atoms with E-state index < -0.39 is 11.7 Å². The number of nitrogens with zero attached hydrogens (tertiary/aromatic N) is 2. The number of carbonyl (C=O) groups excluding carboxylic acids is 2. The molecular weight excluding hydrogens is 311 g/mol. The summed E-state index contributed by atoms with van der Waals surface area (Å²) in [5, 5.41) is 9.64. The number of halogens is 1. The van der Waals surface area contributed by atoms with Gasteiger partial charge in [-0.1, -0.05) is 19.1 Å². The van der Waals surface area contributed by atoms with Crippen molar-refractivity contribution in [3.63, 3.8) is 0 Å². The molecule has 2 aromatic rings. The topological polar surface area (TPSA) is 76.0 Å². The first-order chi connectivity index (χ1) is 11.4. The number of hydrogen-bond acceptors (Lipinski definition) is 3. The number of hydrogen-bond donors (Lipinski definition) is 2. The monoisotopic (exact) mass is 332 g/mol. The predicted octanol–water partition coefficient (Wildman–Crippen LogP) is 2.19. The fourth-order valence-electron chi connectivity index (χ4n) is 2.51. The van der Waals surface area contributed by atoms with Crippen molar-refractivity contribution in [3.8, 4) is 0 Å². The Morgan fingerprint density at radius 2 is 2.00 bits per heavy atom. The maximum absolute atomic E-state index is 13.5. The summed E-state index contributed by atoms with van der Waals surface area (Å²) >= 11 is 0. The summed E-state index contributed by atoms with van der Waals surface area (Å²) in [5.74, 6) is -0.689. The van der Waals surface area contributed by atoms with Gasteiger partial charge in [0.05, 0.1) is 11.3 Å². The highest BCUT2D eigenvalue weighted by atomic mass is 19.1. The molecule has 0 aliphatic rings. The van der Waals surface area contributed by atoms with Crippen molar-refractivity contribution >= 4 is 17.6 Å². The lowest BCUT2D eigenvalue weighted by molar-refractivity contribution is -0.116. The number of benzene rings is 1. The Labute approximate surface area is 140 Å². The van der Waals surface area contributed by atoms with Crippen LogP contribution < -0.4 is 10.6 Å². The Morgan fingerprint density at radius 1 is 1.29 bits per heavy atom. The molecule has 1 aromatic carbocycles. The van der Waals surface area contributed by atoms with Crippen LogP contribution in [0, 0.1) is 12.7 Å². The Balaban J connectivity index is 1.88. The third-order valence-electron chi connectivity index (χ3n) is 3.71. The highest BCUT2D eigenvalue weighted by Gasteiger charge is 2.15. The van der Waals surface area contributed by atoms with Crippen LogP contribution in [0.5, 0.6) is 0 Å². The van der Waals surface area contributed by atoms with Crippen LogP contribution in [0.4, 0.5) is 10.2 Å². The zero-order chi connectivity index (χ0) is 17.7. The second kappa shape index (κ2) is 7.72. The summed E-state index contributed by atoms with van der Waals surface area (Å²) in [6.07, 6.45) is 0.854. The zero-order valence-electron chi connectivity index (χ0n) is 14.0. The van der Waals surface area contributed by atoms with E-state index in [0.717, 1.165) is 17.7 Å². The summed E-state index contributed by atoms with van der Waals surface area (Å²) in [6, 6.07) is 5.72. The SMILES string of the molecule is CCc1c(C)nn(C)c1NC(=O)CCNC(=O)c1ccccc1F. The largest absolute Gasteiger partial charge is 0.351 e. The zero-order valence-corrected chi connectivity index (χ0v) is 14.0. The Kier molecular flexibility index (Phi) is 5.68. The minimum Gasteiger partial charge on any atom is -0.351 e. The summed E-state index contributed by atoms with van der Waals surface area (Å²) in [6.45, 7) is 4.01. The van der Waals surface area contributed by atoms with Gasteiger partial charge in [0.15, 0.2) is 0 Å². The maximum Gasteiger partial charge on any atom is 0.254 e. The molecule has 0 atom stereocenters. The number of nitrogens with one attached hydrogen (secondary N) is 2. The third kappa shape index (κ3) is 3.98. The normalized spacial score (nSPS) is 10.5. The first kappa shape index (κ1) is 17.7. The van der Waals surface area contributed by atoms with E-state index >= 15 is 0 Å². The number of rotatable bonds is 6. The van der Waals surface area contributed by atoms with Gasteiger partial charge in [-0.3, -0.25) is 14.3 Å². The summed E-state index contributed by atoms with van der Waals surface area (Å²) in [4.78, 5) is 23.9. The second-order valence-corrected chi connectivity index (χ2v) is 5.42. The highest BCUT2D eigenvalue weighted by molar-refractivity contribution is 5.95. The molecule has 128 valence electrons. The van der Waals surface area contributed by atoms with Crippen molar-refractivity contribution in [3.05, 3.63) is 46.9 Å². The first-order valence-electron chi connectivity index (χ1n) is 7.79. The van der Waals surface area contributed by atoms with Crippen LogP contribution in [0.3, 0.4) is 0 Å². The molecule has 0 saturated carbocycles. The molecule has 2 N–H and O–H groups in total. The highest BCUT2D eigenvalue weighted by Crippen LogP contribution is 2.19. The number of aromatic nitrogens is 2. The number of carbonyl (C=O) groups is 2. The van der Waals surface area contributed by atoms with E-state index in [0.29, 0.717) is 5.82 Å². The molecule has 6 nitrogen and oxygen atoms in total. The van der Waals surface area contributed by atoms with Crippen molar-refractivity contribution in [2.24, 2.45) is 7.05 Å². The standard InChI is InChI=1S/C17H21FN4O2/c1-4-12-11(2)21-22(3)16(12)20-15(23)9-10-19-17(24)13-7-5-6-8-14(13)18/h5-8H,4,9-10H2,1-3H3,(H,19,24)(H,20,23). The molecule has 0 fully saturated rings. The number of aryl methyl sites for hydroxylation is 2. The lowest BCUT2D eigenvalue weighted by Gasteiger charge is -2.09. The van der Waals surface area contributed by atoms with Crippen LogP contribution >= 0.6 is 0 Å². The number of amides is 2. The van der Waals surface area contributed by atoms with Gasteiger partial charge in [0.2, 0.25) is 5.91 Å². The molecule has 7 heteroatoms. The molecule has 0 bridgehead atoms. The van der Waals surface area contributed by atoms with Crippen molar-refractivity contribution in [1.29, 1.82) is 0 Å². The smallest absolute Gasteiger partial charge is 0.254 e. The molecule has 2 rings (SSSR count).